The second kappa shape index (κ2) is 3.56. The zero-order valence-corrected chi connectivity index (χ0v) is 8.60. The van der Waals surface area contributed by atoms with E-state index >= 15 is 0 Å². The Hall–Kier alpha value is -1.96. The first-order valence-corrected chi connectivity index (χ1v) is 5.23. The van der Waals surface area contributed by atoms with Crippen LogP contribution in [0.15, 0.2) is 59.6 Å². The molecule has 0 saturated carbocycles. The maximum atomic E-state index is 12.8. The van der Waals surface area contributed by atoms with Crippen molar-refractivity contribution in [2.75, 3.05) is 0 Å². The number of hydrogen-bond acceptors (Lipinski definition) is 1. The second-order valence-electron chi connectivity index (χ2n) is 3.83. The van der Waals surface area contributed by atoms with E-state index in [0.29, 0.717) is 0 Å². The summed E-state index contributed by atoms with van der Waals surface area (Å²) < 4.78 is 12.8. The van der Waals surface area contributed by atoms with Gasteiger partial charge in [-0.1, -0.05) is 42.5 Å². The van der Waals surface area contributed by atoms with Crippen LogP contribution in [0.5, 0.6) is 0 Å². The molecule has 3 rings (SSSR count). The molecule has 1 atom stereocenters. The molecule has 0 N–H and O–H groups in total. The Kier molecular flexibility index (Phi) is 2.07. The van der Waals surface area contributed by atoms with Gasteiger partial charge in [-0.25, -0.2) is 4.39 Å². The van der Waals surface area contributed by atoms with Crippen LogP contribution in [-0.2, 0) is 0 Å². The molecule has 2 aromatic carbocycles. The predicted octanol–water partition coefficient (Wildman–Crippen LogP) is 3.37. The molecular weight excluding hydrogens is 201 g/mol. The highest BCUT2D eigenvalue weighted by molar-refractivity contribution is 6.13. The molecule has 1 nitrogen and oxygen atoms in total. The third-order valence-electron chi connectivity index (χ3n) is 2.71. The van der Waals surface area contributed by atoms with Crippen LogP contribution >= 0.6 is 0 Å². The van der Waals surface area contributed by atoms with E-state index in [1.54, 1.807) is 12.1 Å². The molecule has 0 amide bonds. The van der Waals surface area contributed by atoms with Gasteiger partial charge < -0.3 is 0 Å². The molecule has 1 aliphatic rings. The fourth-order valence-corrected chi connectivity index (χ4v) is 1.82. The van der Waals surface area contributed by atoms with Crippen molar-refractivity contribution in [3.63, 3.8) is 0 Å². The lowest BCUT2D eigenvalue weighted by Gasteiger charge is -1.97. The summed E-state index contributed by atoms with van der Waals surface area (Å²) in [6.45, 7) is 0. The molecule has 0 fully saturated rings. The predicted molar refractivity (Wildman–Crippen MR) is 62.1 cm³/mol. The number of hydrogen-bond donors (Lipinski definition) is 0. The summed E-state index contributed by atoms with van der Waals surface area (Å²) in [6.07, 6.45) is 0. The van der Waals surface area contributed by atoms with Crippen molar-refractivity contribution in [3.8, 4) is 0 Å². The van der Waals surface area contributed by atoms with Crippen molar-refractivity contribution in [1.82, 2.24) is 0 Å². The van der Waals surface area contributed by atoms with Gasteiger partial charge in [0.25, 0.3) is 0 Å². The van der Waals surface area contributed by atoms with E-state index in [1.165, 1.54) is 17.7 Å². The molecular formula is C14H10FN. The van der Waals surface area contributed by atoms with Gasteiger partial charge in [-0.3, -0.25) is 4.99 Å². The minimum atomic E-state index is -0.207. The lowest BCUT2D eigenvalue weighted by atomic mass is 10.0. The van der Waals surface area contributed by atoms with Crippen molar-refractivity contribution in [3.05, 3.63) is 71.5 Å². The van der Waals surface area contributed by atoms with Gasteiger partial charge >= 0.3 is 0 Å². The van der Waals surface area contributed by atoms with Crippen molar-refractivity contribution >= 4 is 5.71 Å². The summed E-state index contributed by atoms with van der Waals surface area (Å²) in [5, 5.41) is 0. The maximum absolute atomic E-state index is 12.8. The zero-order chi connectivity index (χ0) is 11.0. The molecule has 2 aromatic rings. The average molecular weight is 211 g/mol. The number of halogens is 1. The summed E-state index contributed by atoms with van der Waals surface area (Å²) in [5.74, 6) is -0.207. The Bertz CT molecular complexity index is 528. The summed E-state index contributed by atoms with van der Waals surface area (Å²) in [4.78, 5) is 4.42. The fraction of sp³-hybridized carbons (Fsp3) is 0.0714. The zero-order valence-electron chi connectivity index (χ0n) is 8.60. The minimum absolute atomic E-state index is 0.173. The molecule has 1 heterocycles. The van der Waals surface area contributed by atoms with Crippen LogP contribution in [0, 0.1) is 5.82 Å². The van der Waals surface area contributed by atoms with E-state index in [2.05, 4.69) is 17.1 Å². The smallest absolute Gasteiger partial charge is 0.123 e. The Morgan fingerprint density at radius 2 is 1.56 bits per heavy atom. The highest BCUT2D eigenvalue weighted by atomic mass is 19.1. The molecule has 78 valence electrons. The third kappa shape index (κ3) is 1.63. The molecule has 0 saturated heterocycles. The van der Waals surface area contributed by atoms with Crippen LogP contribution in [0.4, 0.5) is 4.39 Å². The third-order valence-corrected chi connectivity index (χ3v) is 2.71. The van der Waals surface area contributed by atoms with Gasteiger partial charge in [-0.15, -0.1) is 0 Å². The first-order valence-electron chi connectivity index (χ1n) is 5.23. The van der Waals surface area contributed by atoms with Gasteiger partial charge in [0.2, 0.25) is 0 Å². The van der Waals surface area contributed by atoms with Gasteiger partial charge in [-0.2, -0.15) is 0 Å². The van der Waals surface area contributed by atoms with Crippen molar-refractivity contribution in [2.24, 2.45) is 4.99 Å². The van der Waals surface area contributed by atoms with Gasteiger partial charge in [0.15, 0.2) is 0 Å². The van der Waals surface area contributed by atoms with Crippen LogP contribution in [0.25, 0.3) is 0 Å². The normalized spacial score (nSPS) is 18.1. The van der Waals surface area contributed by atoms with Gasteiger partial charge in [0.1, 0.15) is 11.9 Å². The summed E-state index contributed by atoms with van der Waals surface area (Å²) in [6, 6.07) is 16.8. The largest absolute Gasteiger partial charge is 0.272 e. The molecule has 0 aromatic heterocycles. The highest BCUT2D eigenvalue weighted by Gasteiger charge is 2.29. The summed E-state index contributed by atoms with van der Waals surface area (Å²) in [5.41, 5.74) is 3.25. The lowest BCUT2D eigenvalue weighted by Crippen LogP contribution is -1.93. The molecule has 0 radical (unpaired) electrons. The quantitative estimate of drug-likeness (QED) is 0.722. The van der Waals surface area contributed by atoms with Crippen LogP contribution in [0.2, 0.25) is 0 Å². The lowest BCUT2D eigenvalue weighted by molar-refractivity contribution is 0.628. The van der Waals surface area contributed by atoms with Crippen LogP contribution in [0.1, 0.15) is 17.2 Å². The van der Waals surface area contributed by atoms with E-state index in [4.69, 9.17) is 0 Å². The Labute approximate surface area is 93.3 Å². The van der Waals surface area contributed by atoms with Crippen LogP contribution in [0.3, 0.4) is 0 Å². The minimum Gasteiger partial charge on any atom is -0.272 e. The van der Waals surface area contributed by atoms with Crippen molar-refractivity contribution in [1.29, 1.82) is 0 Å². The average Bonchev–Trinajstić information content (AvgIpc) is 3.11. The molecule has 0 bridgehead atoms. The summed E-state index contributed by atoms with van der Waals surface area (Å²) in [7, 11) is 0. The molecule has 16 heavy (non-hydrogen) atoms. The monoisotopic (exact) mass is 211 g/mol. The van der Waals surface area contributed by atoms with Crippen LogP contribution < -0.4 is 0 Å². The van der Waals surface area contributed by atoms with Crippen molar-refractivity contribution in [2.45, 2.75) is 6.04 Å². The molecule has 0 unspecified atom stereocenters. The second-order valence-corrected chi connectivity index (χ2v) is 3.83. The summed E-state index contributed by atoms with van der Waals surface area (Å²) >= 11 is 0. The number of benzene rings is 2. The number of rotatable bonds is 2. The van der Waals surface area contributed by atoms with Gasteiger partial charge in [0.05, 0.1) is 5.71 Å². The van der Waals surface area contributed by atoms with E-state index in [1.807, 2.05) is 18.2 Å². The van der Waals surface area contributed by atoms with E-state index in [-0.39, 0.29) is 11.9 Å². The Morgan fingerprint density at radius 3 is 2.25 bits per heavy atom. The highest BCUT2D eigenvalue weighted by Crippen LogP contribution is 2.34. The maximum Gasteiger partial charge on any atom is 0.123 e. The SMILES string of the molecule is Fc1ccc(C2=N[C@@H]2c2ccccc2)cc1. The van der Waals surface area contributed by atoms with E-state index in [0.717, 1.165) is 11.3 Å². The topological polar surface area (TPSA) is 12.4 Å². The Balaban J connectivity index is 1.81. The molecule has 0 aliphatic carbocycles. The van der Waals surface area contributed by atoms with E-state index < -0.39 is 0 Å². The number of aliphatic imine (C=N–C) groups is 1. The van der Waals surface area contributed by atoms with E-state index in [9.17, 15) is 4.39 Å². The fourth-order valence-electron chi connectivity index (χ4n) is 1.82. The molecule has 0 spiro atoms. The standard InChI is InChI=1S/C14H10FN/c15-12-8-6-11(7-9-12)14-13(16-14)10-4-2-1-3-5-10/h1-9,13H/t13-/m1/s1. The first-order chi connectivity index (χ1) is 7.84. The number of nitrogens with zero attached hydrogens (tertiary/aromatic N) is 1. The van der Waals surface area contributed by atoms with Crippen molar-refractivity contribution < 1.29 is 4.39 Å². The Morgan fingerprint density at radius 1 is 0.875 bits per heavy atom. The first kappa shape index (κ1) is 9.28. The van der Waals surface area contributed by atoms with Gasteiger partial charge in [-0.05, 0) is 23.3 Å². The molecule has 1 aliphatic heterocycles. The van der Waals surface area contributed by atoms with Crippen LogP contribution in [-0.4, -0.2) is 5.71 Å². The molecule has 2 heteroatoms. The van der Waals surface area contributed by atoms with Gasteiger partial charge in [0, 0.05) is 0 Å².